The molecule has 0 saturated carbocycles. The lowest BCUT2D eigenvalue weighted by Crippen LogP contribution is -2.27. The van der Waals surface area contributed by atoms with Gasteiger partial charge in [-0.25, -0.2) is 0 Å². The van der Waals surface area contributed by atoms with Crippen molar-refractivity contribution in [1.29, 1.82) is 0 Å². The van der Waals surface area contributed by atoms with Crippen molar-refractivity contribution < 1.29 is 27.4 Å². The minimum atomic E-state index is -4.33. The summed E-state index contributed by atoms with van der Waals surface area (Å²) < 4.78 is 43.9. The van der Waals surface area contributed by atoms with Gasteiger partial charge in [0.05, 0.1) is 19.5 Å². The molecule has 94 valence electrons. The number of hydrogen-bond acceptors (Lipinski definition) is 3. The standard InChI is InChI=1S/C9H14F3NO3/c1-2-15-5-3-8(14)13-4-6-16-7-9(10,11)12/h3,5H,2,4,6-7H2,1H3,(H,13,14). The number of halogens is 3. The van der Waals surface area contributed by atoms with Crippen LogP contribution in [0.15, 0.2) is 12.3 Å². The van der Waals surface area contributed by atoms with Crippen LogP contribution in [0.4, 0.5) is 13.2 Å². The monoisotopic (exact) mass is 241 g/mol. The van der Waals surface area contributed by atoms with Crippen molar-refractivity contribution in [2.75, 3.05) is 26.4 Å². The Balaban J connectivity index is 3.41. The van der Waals surface area contributed by atoms with Crippen molar-refractivity contribution in [2.45, 2.75) is 13.1 Å². The van der Waals surface area contributed by atoms with Gasteiger partial charge in [-0.15, -0.1) is 0 Å². The molecule has 0 rings (SSSR count). The molecule has 0 unspecified atom stereocenters. The predicted molar refractivity (Wildman–Crippen MR) is 50.6 cm³/mol. The van der Waals surface area contributed by atoms with E-state index in [1.165, 1.54) is 6.26 Å². The minimum Gasteiger partial charge on any atom is -0.501 e. The number of ether oxygens (including phenoxy) is 2. The molecule has 0 aromatic rings. The molecule has 0 bridgehead atoms. The zero-order chi connectivity index (χ0) is 12.4. The average molecular weight is 241 g/mol. The molecule has 0 spiro atoms. The van der Waals surface area contributed by atoms with E-state index in [9.17, 15) is 18.0 Å². The molecule has 0 aromatic heterocycles. The van der Waals surface area contributed by atoms with E-state index in [4.69, 9.17) is 4.74 Å². The van der Waals surface area contributed by atoms with Gasteiger partial charge in [0.25, 0.3) is 0 Å². The van der Waals surface area contributed by atoms with Crippen molar-refractivity contribution in [3.8, 4) is 0 Å². The average Bonchev–Trinajstić information content (AvgIpc) is 2.16. The van der Waals surface area contributed by atoms with Crippen LogP contribution in [0.25, 0.3) is 0 Å². The summed E-state index contributed by atoms with van der Waals surface area (Å²) in [6.45, 7) is 0.725. The molecule has 16 heavy (non-hydrogen) atoms. The summed E-state index contributed by atoms with van der Waals surface area (Å²) >= 11 is 0. The van der Waals surface area contributed by atoms with E-state index in [0.29, 0.717) is 6.61 Å². The molecular weight excluding hydrogens is 227 g/mol. The quantitative estimate of drug-likeness (QED) is 0.414. The molecule has 0 saturated heterocycles. The van der Waals surface area contributed by atoms with Gasteiger partial charge in [-0.3, -0.25) is 4.79 Å². The van der Waals surface area contributed by atoms with Crippen LogP contribution >= 0.6 is 0 Å². The van der Waals surface area contributed by atoms with E-state index in [1.807, 2.05) is 0 Å². The minimum absolute atomic E-state index is 0.0192. The summed E-state index contributed by atoms with van der Waals surface area (Å²) in [6, 6.07) is 0. The third kappa shape index (κ3) is 10.8. The smallest absolute Gasteiger partial charge is 0.411 e. The maximum atomic E-state index is 11.6. The van der Waals surface area contributed by atoms with Crippen molar-refractivity contribution >= 4 is 5.91 Å². The molecule has 0 radical (unpaired) electrons. The molecule has 4 nitrogen and oxygen atoms in total. The third-order valence-electron chi connectivity index (χ3n) is 1.29. The number of alkyl halides is 3. The summed E-state index contributed by atoms with van der Waals surface area (Å²) in [5.74, 6) is -0.441. The normalized spacial score (nSPS) is 11.8. The van der Waals surface area contributed by atoms with E-state index in [-0.39, 0.29) is 13.2 Å². The van der Waals surface area contributed by atoms with Crippen LogP contribution < -0.4 is 5.32 Å². The van der Waals surface area contributed by atoms with Gasteiger partial charge in [-0.1, -0.05) is 0 Å². The van der Waals surface area contributed by atoms with Crippen LogP contribution in [0.5, 0.6) is 0 Å². The largest absolute Gasteiger partial charge is 0.501 e. The highest BCUT2D eigenvalue weighted by Gasteiger charge is 2.27. The fourth-order valence-electron chi connectivity index (χ4n) is 0.699. The first kappa shape index (κ1) is 14.8. The maximum Gasteiger partial charge on any atom is 0.411 e. The molecule has 1 N–H and O–H groups in total. The number of hydrogen-bond donors (Lipinski definition) is 1. The highest BCUT2D eigenvalue weighted by Crippen LogP contribution is 2.13. The number of carbonyl (C=O) groups excluding carboxylic acids is 1. The molecule has 0 aliphatic carbocycles. The van der Waals surface area contributed by atoms with Crippen LogP contribution in [0.2, 0.25) is 0 Å². The van der Waals surface area contributed by atoms with E-state index in [2.05, 4.69) is 10.1 Å². The zero-order valence-electron chi connectivity index (χ0n) is 8.84. The predicted octanol–water partition coefficient (Wildman–Crippen LogP) is 1.23. The summed E-state index contributed by atoms with van der Waals surface area (Å²) in [5, 5.41) is 2.33. The number of nitrogens with one attached hydrogen (secondary N) is 1. The van der Waals surface area contributed by atoms with Crippen LogP contribution in [0, 0.1) is 0 Å². The number of amides is 1. The van der Waals surface area contributed by atoms with E-state index < -0.39 is 18.7 Å². The zero-order valence-corrected chi connectivity index (χ0v) is 8.84. The van der Waals surface area contributed by atoms with Crippen LogP contribution in [-0.4, -0.2) is 38.4 Å². The van der Waals surface area contributed by atoms with Gasteiger partial charge >= 0.3 is 6.18 Å². The number of carbonyl (C=O) groups is 1. The molecule has 0 aliphatic heterocycles. The second kappa shape index (κ2) is 7.98. The molecule has 0 aliphatic rings. The van der Waals surface area contributed by atoms with Crippen LogP contribution in [0.3, 0.4) is 0 Å². The molecule has 0 heterocycles. The number of rotatable bonds is 7. The molecule has 0 fully saturated rings. The second-order valence-electron chi connectivity index (χ2n) is 2.72. The van der Waals surface area contributed by atoms with Gasteiger partial charge in [0.15, 0.2) is 0 Å². The third-order valence-corrected chi connectivity index (χ3v) is 1.29. The second-order valence-corrected chi connectivity index (χ2v) is 2.72. The summed E-state index contributed by atoms with van der Waals surface area (Å²) in [5.41, 5.74) is 0. The van der Waals surface area contributed by atoms with Crippen molar-refractivity contribution in [2.24, 2.45) is 0 Å². The summed E-state index contributed by atoms with van der Waals surface area (Å²) in [6.07, 6.45) is -1.97. The van der Waals surface area contributed by atoms with Crippen LogP contribution in [-0.2, 0) is 14.3 Å². The summed E-state index contributed by atoms with van der Waals surface area (Å²) in [4.78, 5) is 10.9. The van der Waals surface area contributed by atoms with Gasteiger partial charge in [-0.05, 0) is 6.92 Å². The Morgan fingerprint density at radius 3 is 2.69 bits per heavy atom. The maximum absolute atomic E-state index is 11.6. The van der Waals surface area contributed by atoms with Gasteiger partial charge in [0, 0.05) is 12.6 Å². The molecule has 1 amide bonds. The Hall–Kier alpha value is -1.24. The van der Waals surface area contributed by atoms with Gasteiger partial charge in [-0.2, -0.15) is 13.2 Å². The first-order valence-electron chi connectivity index (χ1n) is 4.66. The lowest BCUT2D eigenvalue weighted by molar-refractivity contribution is -0.173. The Labute approximate surface area is 91.4 Å². The SMILES string of the molecule is CCOC=CC(=O)NCCOCC(F)(F)F. The molecule has 0 atom stereocenters. The van der Waals surface area contributed by atoms with Gasteiger partial charge in [0.1, 0.15) is 6.61 Å². The lowest BCUT2D eigenvalue weighted by Gasteiger charge is -2.07. The molecule has 0 aromatic carbocycles. The van der Waals surface area contributed by atoms with Gasteiger partial charge < -0.3 is 14.8 Å². The fraction of sp³-hybridized carbons (Fsp3) is 0.667. The molecule has 7 heteroatoms. The Kier molecular flexibility index (Phi) is 7.36. The Bertz CT molecular complexity index is 229. The van der Waals surface area contributed by atoms with E-state index >= 15 is 0 Å². The van der Waals surface area contributed by atoms with Crippen LogP contribution in [0.1, 0.15) is 6.92 Å². The van der Waals surface area contributed by atoms with Crippen molar-refractivity contribution in [3.05, 3.63) is 12.3 Å². The highest BCUT2D eigenvalue weighted by atomic mass is 19.4. The van der Waals surface area contributed by atoms with E-state index in [0.717, 1.165) is 6.08 Å². The highest BCUT2D eigenvalue weighted by molar-refractivity contribution is 5.87. The topological polar surface area (TPSA) is 47.6 Å². The van der Waals surface area contributed by atoms with E-state index in [1.54, 1.807) is 6.92 Å². The van der Waals surface area contributed by atoms with Gasteiger partial charge in [0.2, 0.25) is 5.91 Å². The summed E-state index contributed by atoms with van der Waals surface area (Å²) in [7, 11) is 0. The lowest BCUT2D eigenvalue weighted by atomic mass is 10.5. The van der Waals surface area contributed by atoms with Crippen molar-refractivity contribution in [3.63, 3.8) is 0 Å². The molecular formula is C9H14F3NO3. The fourth-order valence-corrected chi connectivity index (χ4v) is 0.699. The van der Waals surface area contributed by atoms with Crippen molar-refractivity contribution in [1.82, 2.24) is 5.32 Å². The Morgan fingerprint density at radius 2 is 2.12 bits per heavy atom. The first-order chi connectivity index (χ1) is 7.45. The Morgan fingerprint density at radius 1 is 1.44 bits per heavy atom. The first-order valence-corrected chi connectivity index (χ1v) is 4.66.